The van der Waals surface area contributed by atoms with Gasteiger partial charge in [-0.3, -0.25) is 0 Å². The van der Waals surface area contributed by atoms with Crippen molar-refractivity contribution in [3.63, 3.8) is 0 Å². The summed E-state index contributed by atoms with van der Waals surface area (Å²) in [7, 11) is 0. The van der Waals surface area contributed by atoms with Crippen LogP contribution in [-0.2, 0) is 13.0 Å². The van der Waals surface area contributed by atoms with Gasteiger partial charge in [-0.25, -0.2) is 4.39 Å². The normalized spacial score (nSPS) is 18.5. The Labute approximate surface area is 116 Å². The number of hydrogen-bond donors (Lipinski definition) is 1. The van der Waals surface area contributed by atoms with E-state index in [1.165, 1.54) is 22.6 Å². The number of anilines is 1. The van der Waals surface area contributed by atoms with Gasteiger partial charge in [0.15, 0.2) is 0 Å². The number of aliphatic hydroxyl groups excluding tert-OH is 1. The Morgan fingerprint density at radius 3 is 3.05 bits per heavy atom. The summed E-state index contributed by atoms with van der Waals surface area (Å²) in [5.74, 6) is -0.298. The van der Waals surface area contributed by atoms with Crippen LogP contribution in [0.15, 0.2) is 29.6 Å². The van der Waals surface area contributed by atoms with Gasteiger partial charge < -0.3 is 10.0 Å². The maximum Gasteiger partial charge on any atom is 0.123 e. The minimum absolute atomic E-state index is 0.132. The van der Waals surface area contributed by atoms with Crippen molar-refractivity contribution in [2.24, 2.45) is 0 Å². The highest BCUT2D eigenvalue weighted by molar-refractivity contribution is 7.10. The minimum atomic E-state index is -0.298. The van der Waals surface area contributed by atoms with E-state index >= 15 is 0 Å². The Bertz CT molecular complexity index is 596. The molecule has 0 saturated carbocycles. The second-order valence-corrected chi connectivity index (χ2v) is 5.85. The first-order valence-corrected chi connectivity index (χ1v) is 7.31. The maximum absolute atomic E-state index is 13.3. The van der Waals surface area contributed by atoms with Crippen LogP contribution in [0.1, 0.15) is 29.0 Å². The zero-order valence-corrected chi connectivity index (χ0v) is 11.6. The van der Waals surface area contributed by atoms with Crippen molar-refractivity contribution in [1.29, 1.82) is 0 Å². The molecule has 1 aliphatic heterocycles. The predicted molar refractivity (Wildman–Crippen MR) is 76.1 cm³/mol. The van der Waals surface area contributed by atoms with Crippen LogP contribution in [0.25, 0.3) is 0 Å². The van der Waals surface area contributed by atoms with E-state index in [-0.39, 0.29) is 18.5 Å². The summed E-state index contributed by atoms with van der Waals surface area (Å²) in [4.78, 5) is 3.69. The number of hydrogen-bond acceptors (Lipinski definition) is 3. The summed E-state index contributed by atoms with van der Waals surface area (Å²) in [5, 5.41) is 11.6. The first-order valence-electron chi connectivity index (χ1n) is 6.43. The fraction of sp³-hybridized carbons (Fsp3) is 0.333. The summed E-state index contributed by atoms with van der Waals surface area (Å²) in [5.41, 5.74) is 2.95. The van der Waals surface area contributed by atoms with E-state index in [2.05, 4.69) is 23.3 Å². The Hall–Kier alpha value is -1.39. The summed E-state index contributed by atoms with van der Waals surface area (Å²) < 4.78 is 13.3. The number of halogens is 1. The lowest BCUT2D eigenvalue weighted by molar-refractivity contribution is 0.281. The molecule has 0 saturated heterocycles. The molecular weight excluding hydrogens is 261 g/mol. The van der Waals surface area contributed by atoms with Crippen molar-refractivity contribution in [2.45, 2.75) is 26.0 Å². The molecule has 0 radical (unpaired) electrons. The Kier molecular flexibility index (Phi) is 3.29. The highest BCUT2D eigenvalue weighted by atomic mass is 32.1. The molecule has 1 unspecified atom stereocenters. The molecule has 2 aromatic rings. The lowest BCUT2D eigenvalue weighted by Gasteiger charge is -2.36. The van der Waals surface area contributed by atoms with Crippen molar-refractivity contribution in [3.8, 4) is 0 Å². The molecule has 1 aliphatic rings. The molecule has 0 aliphatic carbocycles. The minimum Gasteiger partial charge on any atom is -0.392 e. The molecule has 4 heteroatoms. The van der Waals surface area contributed by atoms with E-state index in [4.69, 9.17) is 0 Å². The highest BCUT2D eigenvalue weighted by Gasteiger charge is 2.26. The Balaban J connectivity index is 2.00. The van der Waals surface area contributed by atoms with Crippen LogP contribution in [-0.4, -0.2) is 11.7 Å². The largest absolute Gasteiger partial charge is 0.392 e. The van der Waals surface area contributed by atoms with E-state index in [0.717, 1.165) is 18.7 Å². The van der Waals surface area contributed by atoms with Crippen LogP contribution < -0.4 is 4.90 Å². The van der Waals surface area contributed by atoms with Gasteiger partial charge in [-0.1, -0.05) is 0 Å². The van der Waals surface area contributed by atoms with Gasteiger partial charge >= 0.3 is 0 Å². The summed E-state index contributed by atoms with van der Waals surface area (Å²) in [6.45, 7) is 2.94. The second kappa shape index (κ2) is 4.94. The predicted octanol–water partition coefficient (Wildman–Crippen LogP) is 3.50. The van der Waals surface area contributed by atoms with E-state index in [1.54, 1.807) is 17.4 Å². The van der Waals surface area contributed by atoms with E-state index in [9.17, 15) is 9.50 Å². The van der Waals surface area contributed by atoms with Crippen LogP contribution in [0.3, 0.4) is 0 Å². The van der Waals surface area contributed by atoms with Crippen LogP contribution in [0.5, 0.6) is 0 Å². The monoisotopic (exact) mass is 277 g/mol. The van der Waals surface area contributed by atoms with Crippen LogP contribution in [0.2, 0.25) is 0 Å². The first-order chi connectivity index (χ1) is 9.20. The van der Waals surface area contributed by atoms with Crippen LogP contribution >= 0.6 is 11.3 Å². The molecule has 1 atom stereocenters. The molecule has 0 spiro atoms. The number of aliphatic hydroxyl groups is 1. The van der Waals surface area contributed by atoms with Gasteiger partial charge in [-0.15, -0.1) is 11.3 Å². The quantitative estimate of drug-likeness (QED) is 0.908. The van der Waals surface area contributed by atoms with Gasteiger partial charge in [0.2, 0.25) is 0 Å². The van der Waals surface area contributed by atoms with E-state index < -0.39 is 0 Å². The molecule has 0 amide bonds. The molecule has 0 bridgehead atoms. The van der Waals surface area contributed by atoms with Gasteiger partial charge in [0.1, 0.15) is 5.82 Å². The SMILES string of the molecule is CC1c2ccsc2CCN1c1ccc(F)cc1CO. The molecule has 0 fully saturated rings. The molecule has 2 nitrogen and oxygen atoms in total. The van der Waals surface area contributed by atoms with Crippen LogP contribution in [0, 0.1) is 5.82 Å². The maximum atomic E-state index is 13.3. The molecule has 2 heterocycles. The van der Waals surface area contributed by atoms with Crippen molar-refractivity contribution in [1.82, 2.24) is 0 Å². The van der Waals surface area contributed by atoms with Crippen molar-refractivity contribution in [2.75, 3.05) is 11.4 Å². The van der Waals surface area contributed by atoms with Crippen LogP contribution in [0.4, 0.5) is 10.1 Å². The zero-order valence-electron chi connectivity index (χ0n) is 10.8. The van der Waals surface area contributed by atoms with Crippen molar-refractivity contribution in [3.05, 3.63) is 51.5 Å². The molecule has 3 rings (SSSR count). The topological polar surface area (TPSA) is 23.5 Å². The van der Waals surface area contributed by atoms with Crippen molar-refractivity contribution < 1.29 is 9.50 Å². The highest BCUT2D eigenvalue weighted by Crippen LogP contribution is 2.37. The molecule has 1 aromatic heterocycles. The lowest BCUT2D eigenvalue weighted by Crippen LogP contribution is -2.33. The number of rotatable bonds is 2. The number of fused-ring (bicyclic) bond motifs is 1. The fourth-order valence-electron chi connectivity index (χ4n) is 2.80. The summed E-state index contributed by atoms with van der Waals surface area (Å²) >= 11 is 1.80. The Morgan fingerprint density at radius 2 is 2.26 bits per heavy atom. The van der Waals surface area contributed by atoms with Crippen molar-refractivity contribution >= 4 is 17.0 Å². The molecular formula is C15H16FNOS. The zero-order chi connectivity index (χ0) is 13.4. The number of thiophene rings is 1. The number of benzene rings is 1. The van der Waals surface area contributed by atoms with E-state index in [0.29, 0.717) is 5.56 Å². The molecule has 100 valence electrons. The average molecular weight is 277 g/mol. The standard InChI is InChI=1S/C15H16FNOS/c1-10-13-5-7-19-15(13)4-6-17(10)14-3-2-12(16)8-11(14)9-18/h2-3,5,7-8,10,18H,4,6,9H2,1H3. The molecule has 1 N–H and O–H groups in total. The van der Waals surface area contributed by atoms with Gasteiger partial charge in [0.05, 0.1) is 12.6 Å². The number of nitrogens with zero attached hydrogens (tertiary/aromatic N) is 1. The van der Waals surface area contributed by atoms with E-state index in [1.807, 2.05) is 0 Å². The summed E-state index contributed by atoms with van der Waals surface area (Å²) in [6, 6.07) is 7.09. The fourth-order valence-corrected chi connectivity index (χ4v) is 3.76. The van der Waals surface area contributed by atoms with Gasteiger partial charge in [-0.05, 0) is 48.6 Å². The second-order valence-electron chi connectivity index (χ2n) is 4.85. The third-order valence-electron chi connectivity index (χ3n) is 3.80. The lowest BCUT2D eigenvalue weighted by atomic mass is 9.99. The molecule has 19 heavy (non-hydrogen) atoms. The van der Waals surface area contributed by atoms with Gasteiger partial charge in [0, 0.05) is 22.7 Å². The smallest absolute Gasteiger partial charge is 0.123 e. The van der Waals surface area contributed by atoms with Gasteiger partial charge in [0.25, 0.3) is 0 Å². The summed E-state index contributed by atoms with van der Waals surface area (Å²) in [6.07, 6.45) is 1.01. The third kappa shape index (κ3) is 2.15. The average Bonchev–Trinajstić information content (AvgIpc) is 2.89. The van der Waals surface area contributed by atoms with Gasteiger partial charge in [-0.2, -0.15) is 0 Å². The molecule has 1 aromatic carbocycles. The third-order valence-corrected chi connectivity index (χ3v) is 4.80. The Morgan fingerprint density at radius 1 is 1.42 bits per heavy atom. The first kappa shape index (κ1) is 12.6.